The molecule has 1 saturated heterocycles. The molecule has 1 aliphatic heterocycles. The van der Waals surface area contributed by atoms with Crippen molar-refractivity contribution >= 4 is 16.8 Å². The van der Waals surface area contributed by atoms with E-state index in [2.05, 4.69) is 4.98 Å². The second-order valence-corrected chi connectivity index (χ2v) is 6.30. The average molecular weight is 336 g/mol. The van der Waals surface area contributed by atoms with Crippen LogP contribution in [0.1, 0.15) is 34.8 Å². The van der Waals surface area contributed by atoms with Crippen molar-refractivity contribution in [2.75, 3.05) is 6.54 Å². The van der Waals surface area contributed by atoms with Crippen molar-refractivity contribution in [1.82, 2.24) is 9.88 Å². The minimum atomic E-state index is -0.292. The number of carbonyl (C=O) groups is 1. The first-order chi connectivity index (χ1) is 12.1. The van der Waals surface area contributed by atoms with Crippen LogP contribution in [0.5, 0.6) is 0 Å². The number of rotatable bonds is 2. The van der Waals surface area contributed by atoms with E-state index in [0.717, 1.165) is 23.8 Å². The molecule has 1 N–H and O–H groups in total. The largest absolute Gasteiger partial charge is 0.332 e. The maximum Gasteiger partial charge on any atom is 0.255 e. The highest BCUT2D eigenvalue weighted by Gasteiger charge is 2.31. The number of aromatic amines is 1. The molecule has 1 unspecified atom stereocenters. The zero-order valence-corrected chi connectivity index (χ0v) is 13.5. The minimum Gasteiger partial charge on any atom is -0.332 e. The number of carbonyl (C=O) groups excluding carboxylic acids is 1. The molecule has 0 radical (unpaired) electrons. The summed E-state index contributed by atoms with van der Waals surface area (Å²) >= 11 is 0. The Kier molecular flexibility index (Phi) is 3.84. The van der Waals surface area contributed by atoms with Crippen molar-refractivity contribution in [1.29, 1.82) is 0 Å². The second-order valence-electron chi connectivity index (χ2n) is 6.30. The molecule has 3 aromatic rings. The molecule has 1 amide bonds. The topological polar surface area (TPSA) is 53.2 Å². The van der Waals surface area contributed by atoms with E-state index in [-0.39, 0.29) is 23.3 Å². The number of H-pyrrole nitrogens is 1. The van der Waals surface area contributed by atoms with E-state index in [4.69, 9.17) is 0 Å². The van der Waals surface area contributed by atoms with Gasteiger partial charge >= 0.3 is 0 Å². The Morgan fingerprint density at radius 3 is 2.68 bits per heavy atom. The van der Waals surface area contributed by atoms with E-state index in [1.54, 1.807) is 23.1 Å². The van der Waals surface area contributed by atoms with Gasteiger partial charge in [0.15, 0.2) is 0 Å². The van der Waals surface area contributed by atoms with Crippen LogP contribution in [0.3, 0.4) is 0 Å². The van der Waals surface area contributed by atoms with Crippen molar-refractivity contribution in [2.45, 2.75) is 18.9 Å². The van der Waals surface area contributed by atoms with Gasteiger partial charge in [-0.15, -0.1) is 0 Å². The lowest BCUT2D eigenvalue weighted by atomic mass is 10.0. The molecule has 0 spiro atoms. The molecular formula is C20H17FN2O2. The molecule has 2 heterocycles. The lowest BCUT2D eigenvalue weighted by Gasteiger charge is -2.25. The van der Waals surface area contributed by atoms with E-state index in [9.17, 15) is 14.0 Å². The molecule has 1 aromatic heterocycles. The molecule has 1 fully saturated rings. The van der Waals surface area contributed by atoms with Gasteiger partial charge in [-0.2, -0.15) is 0 Å². The standard InChI is InChI=1S/C20H17FN2O2/c21-14-9-7-13(8-10-14)18-6-3-11-23(18)20(25)16-12-19(24)22-17-5-2-1-4-15(16)17/h1-2,4-5,7-10,12,18H,3,6,11H2,(H,22,24). The zero-order valence-electron chi connectivity index (χ0n) is 13.5. The van der Waals surface area contributed by atoms with Gasteiger partial charge in [0, 0.05) is 23.5 Å². The van der Waals surface area contributed by atoms with E-state index in [1.807, 2.05) is 18.2 Å². The van der Waals surface area contributed by atoms with Crippen LogP contribution in [-0.4, -0.2) is 22.3 Å². The molecule has 4 nitrogen and oxygen atoms in total. The number of hydrogen-bond acceptors (Lipinski definition) is 2. The molecule has 1 atom stereocenters. The Bertz CT molecular complexity index is 994. The molecule has 1 aliphatic rings. The quantitative estimate of drug-likeness (QED) is 0.777. The van der Waals surface area contributed by atoms with Gasteiger partial charge in [-0.25, -0.2) is 4.39 Å². The molecular weight excluding hydrogens is 319 g/mol. The van der Waals surface area contributed by atoms with E-state index < -0.39 is 0 Å². The predicted octanol–water partition coefficient (Wildman–Crippen LogP) is 3.64. The summed E-state index contributed by atoms with van der Waals surface area (Å²) in [6.07, 6.45) is 1.72. The number of nitrogens with one attached hydrogen (secondary N) is 1. The van der Waals surface area contributed by atoms with Crippen LogP contribution in [-0.2, 0) is 0 Å². The highest BCUT2D eigenvalue weighted by molar-refractivity contribution is 6.06. The van der Waals surface area contributed by atoms with Gasteiger partial charge in [0.2, 0.25) is 5.56 Å². The summed E-state index contributed by atoms with van der Waals surface area (Å²) in [6, 6.07) is 14.8. The molecule has 126 valence electrons. The van der Waals surface area contributed by atoms with Gasteiger partial charge in [-0.05, 0) is 36.6 Å². The molecule has 4 rings (SSSR count). The summed E-state index contributed by atoms with van der Waals surface area (Å²) < 4.78 is 13.2. The first kappa shape index (κ1) is 15.6. The first-order valence-electron chi connectivity index (χ1n) is 8.32. The van der Waals surface area contributed by atoms with Crippen LogP contribution in [0.2, 0.25) is 0 Å². The number of nitrogens with zero attached hydrogens (tertiary/aromatic N) is 1. The Hall–Kier alpha value is -2.95. The number of amides is 1. The fourth-order valence-corrected chi connectivity index (χ4v) is 3.58. The van der Waals surface area contributed by atoms with Gasteiger partial charge in [0.05, 0.1) is 11.6 Å². The van der Waals surface area contributed by atoms with Crippen molar-refractivity contribution in [3.8, 4) is 0 Å². The lowest BCUT2D eigenvalue weighted by molar-refractivity contribution is 0.0737. The number of benzene rings is 2. The minimum absolute atomic E-state index is 0.0915. The maximum atomic E-state index is 13.2. The maximum absolute atomic E-state index is 13.2. The highest BCUT2D eigenvalue weighted by atomic mass is 19.1. The number of halogens is 1. The van der Waals surface area contributed by atoms with Crippen LogP contribution in [0.15, 0.2) is 59.4 Å². The predicted molar refractivity (Wildman–Crippen MR) is 94.0 cm³/mol. The fourth-order valence-electron chi connectivity index (χ4n) is 3.58. The Morgan fingerprint density at radius 1 is 1.12 bits per heavy atom. The second kappa shape index (κ2) is 6.16. The van der Waals surface area contributed by atoms with Crippen molar-refractivity contribution in [3.05, 3.63) is 81.9 Å². The summed E-state index contributed by atoms with van der Waals surface area (Å²) in [7, 11) is 0. The SMILES string of the molecule is O=C(c1cc(=O)[nH]c2ccccc12)N1CCCC1c1ccc(F)cc1. The number of aromatic nitrogens is 1. The van der Waals surface area contributed by atoms with Crippen LogP contribution in [0, 0.1) is 5.82 Å². The number of fused-ring (bicyclic) bond motifs is 1. The number of para-hydroxylation sites is 1. The Morgan fingerprint density at radius 2 is 1.88 bits per heavy atom. The van der Waals surface area contributed by atoms with Gasteiger partial charge in [0.25, 0.3) is 5.91 Å². The summed E-state index contributed by atoms with van der Waals surface area (Å²) in [5, 5.41) is 0.733. The fraction of sp³-hybridized carbons (Fsp3) is 0.200. The monoisotopic (exact) mass is 336 g/mol. The number of likely N-dealkylation sites (tertiary alicyclic amines) is 1. The van der Waals surface area contributed by atoms with Gasteiger partial charge < -0.3 is 9.88 Å². The molecule has 25 heavy (non-hydrogen) atoms. The highest BCUT2D eigenvalue weighted by Crippen LogP contribution is 2.33. The van der Waals surface area contributed by atoms with E-state index in [1.165, 1.54) is 18.2 Å². The molecule has 2 aromatic carbocycles. The zero-order chi connectivity index (χ0) is 17.4. The lowest BCUT2D eigenvalue weighted by Crippen LogP contribution is -2.31. The summed E-state index contributed by atoms with van der Waals surface area (Å²) in [4.78, 5) is 29.7. The third kappa shape index (κ3) is 2.82. The van der Waals surface area contributed by atoms with Crippen molar-refractivity contribution < 1.29 is 9.18 Å². The Balaban J connectivity index is 1.75. The molecule has 0 saturated carbocycles. The van der Waals surface area contributed by atoms with E-state index in [0.29, 0.717) is 17.6 Å². The van der Waals surface area contributed by atoms with Crippen LogP contribution < -0.4 is 5.56 Å². The number of hydrogen-bond donors (Lipinski definition) is 1. The normalized spacial score (nSPS) is 17.2. The van der Waals surface area contributed by atoms with Gasteiger partial charge in [0.1, 0.15) is 5.82 Å². The van der Waals surface area contributed by atoms with Gasteiger partial charge in [-0.1, -0.05) is 30.3 Å². The van der Waals surface area contributed by atoms with Gasteiger partial charge in [-0.3, -0.25) is 9.59 Å². The summed E-state index contributed by atoms with van der Waals surface area (Å²) in [5.74, 6) is -0.450. The molecule has 0 bridgehead atoms. The van der Waals surface area contributed by atoms with Crippen LogP contribution >= 0.6 is 0 Å². The van der Waals surface area contributed by atoms with Crippen molar-refractivity contribution in [2.24, 2.45) is 0 Å². The first-order valence-corrected chi connectivity index (χ1v) is 8.32. The summed E-state index contributed by atoms with van der Waals surface area (Å²) in [5.41, 5.74) is 1.69. The van der Waals surface area contributed by atoms with Crippen molar-refractivity contribution in [3.63, 3.8) is 0 Å². The smallest absolute Gasteiger partial charge is 0.255 e. The average Bonchev–Trinajstić information content (AvgIpc) is 3.10. The van der Waals surface area contributed by atoms with Crippen LogP contribution in [0.25, 0.3) is 10.9 Å². The number of pyridine rings is 1. The summed E-state index contributed by atoms with van der Waals surface area (Å²) in [6.45, 7) is 0.627. The molecule has 5 heteroatoms. The van der Waals surface area contributed by atoms with Crippen LogP contribution in [0.4, 0.5) is 4.39 Å². The molecule has 0 aliphatic carbocycles. The third-order valence-electron chi connectivity index (χ3n) is 4.75. The van der Waals surface area contributed by atoms with E-state index >= 15 is 0 Å². The third-order valence-corrected chi connectivity index (χ3v) is 4.75. The Labute approximate surface area is 143 Å².